The van der Waals surface area contributed by atoms with Crippen LogP contribution < -0.4 is 5.32 Å². The molecule has 0 bridgehead atoms. The molecule has 1 aliphatic carbocycles. The predicted molar refractivity (Wildman–Crippen MR) is 59.6 cm³/mol. The summed E-state index contributed by atoms with van der Waals surface area (Å²) >= 11 is 3.04. The fourth-order valence-corrected chi connectivity index (χ4v) is 1.89. The van der Waals surface area contributed by atoms with Crippen molar-refractivity contribution in [2.75, 3.05) is 0 Å². The van der Waals surface area contributed by atoms with Crippen LogP contribution in [0.25, 0.3) is 0 Å². The normalized spacial score (nSPS) is 15.2. The first-order valence-electron chi connectivity index (χ1n) is 4.96. The van der Waals surface area contributed by atoms with E-state index in [4.69, 9.17) is 0 Å². The molecule has 5 heteroatoms. The Bertz CT molecular complexity index is 418. The van der Waals surface area contributed by atoms with Gasteiger partial charge >= 0.3 is 0 Å². The lowest BCUT2D eigenvalue weighted by atomic mass is 10.1. The van der Waals surface area contributed by atoms with E-state index in [1.165, 1.54) is 18.2 Å². The van der Waals surface area contributed by atoms with Crippen LogP contribution in [-0.2, 0) is 0 Å². The van der Waals surface area contributed by atoms with E-state index < -0.39 is 6.43 Å². The standard InChI is InChI=1S/C11H10BrF2NO/c12-9-5-6(1-4-8(9)10(13)14)11(16)15-7-2-3-7/h1,4-5,7,10H,2-3H2,(H,15,16). The molecule has 1 saturated carbocycles. The van der Waals surface area contributed by atoms with Gasteiger partial charge in [0.25, 0.3) is 12.3 Å². The quantitative estimate of drug-likeness (QED) is 0.909. The second-order valence-corrected chi connectivity index (χ2v) is 4.64. The van der Waals surface area contributed by atoms with Crippen molar-refractivity contribution in [2.45, 2.75) is 25.3 Å². The van der Waals surface area contributed by atoms with Gasteiger partial charge in [-0.25, -0.2) is 8.78 Å². The van der Waals surface area contributed by atoms with Gasteiger partial charge in [0.15, 0.2) is 0 Å². The number of hydrogen-bond acceptors (Lipinski definition) is 1. The van der Waals surface area contributed by atoms with Gasteiger partial charge in [0.1, 0.15) is 0 Å². The fourth-order valence-electron chi connectivity index (χ4n) is 1.34. The molecule has 0 atom stereocenters. The highest BCUT2D eigenvalue weighted by molar-refractivity contribution is 9.10. The maximum absolute atomic E-state index is 12.5. The van der Waals surface area contributed by atoms with E-state index in [-0.39, 0.29) is 22.0 Å². The molecule has 2 rings (SSSR count). The van der Waals surface area contributed by atoms with Crippen LogP contribution in [-0.4, -0.2) is 11.9 Å². The van der Waals surface area contributed by atoms with E-state index in [1.54, 1.807) is 0 Å². The van der Waals surface area contributed by atoms with Gasteiger partial charge in [-0.05, 0) is 25.0 Å². The summed E-state index contributed by atoms with van der Waals surface area (Å²) in [5.74, 6) is -0.205. The molecule has 16 heavy (non-hydrogen) atoms. The minimum absolute atomic E-state index is 0.0945. The van der Waals surface area contributed by atoms with Crippen LogP contribution in [0.2, 0.25) is 0 Å². The zero-order chi connectivity index (χ0) is 11.7. The number of halogens is 3. The van der Waals surface area contributed by atoms with Crippen LogP contribution >= 0.6 is 15.9 Å². The van der Waals surface area contributed by atoms with Crippen LogP contribution in [0.4, 0.5) is 8.78 Å². The third-order valence-electron chi connectivity index (χ3n) is 2.41. The topological polar surface area (TPSA) is 29.1 Å². The Morgan fingerprint density at radius 3 is 2.62 bits per heavy atom. The zero-order valence-corrected chi connectivity index (χ0v) is 9.93. The third-order valence-corrected chi connectivity index (χ3v) is 3.10. The van der Waals surface area contributed by atoms with Gasteiger partial charge in [-0.1, -0.05) is 22.0 Å². The molecule has 0 unspecified atom stereocenters. The third kappa shape index (κ3) is 2.58. The molecule has 1 aromatic rings. The average Bonchev–Trinajstić information content (AvgIpc) is 3.00. The van der Waals surface area contributed by atoms with E-state index >= 15 is 0 Å². The Morgan fingerprint density at radius 1 is 1.44 bits per heavy atom. The summed E-state index contributed by atoms with van der Waals surface area (Å²) in [6.07, 6.45) is -0.528. The molecule has 2 nitrogen and oxygen atoms in total. The lowest BCUT2D eigenvalue weighted by Gasteiger charge is -2.07. The molecule has 86 valence electrons. The predicted octanol–water partition coefficient (Wildman–Crippen LogP) is 3.28. The number of carbonyl (C=O) groups excluding carboxylic acids is 1. The summed E-state index contributed by atoms with van der Waals surface area (Å²) in [6, 6.07) is 4.39. The van der Waals surface area contributed by atoms with Gasteiger partial charge in [-0.15, -0.1) is 0 Å². The highest BCUT2D eigenvalue weighted by atomic mass is 79.9. The Kier molecular flexibility index (Phi) is 3.23. The van der Waals surface area contributed by atoms with Crippen molar-refractivity contribution >= 4 is 21.8 Å². The molecular weight excluding hydrogens is 280 g/mol. The highest BCUT2D eigenvalue weighted by Gasteiger charge is 2.24. The fraction of sp³-hybridized carbons (Fsp3) is 0.364. The monoisotopic (exact) mass is 289 g/mol. The number of hydrogen-bond donors (Lipinski definition) is 1. The number of nitrogens with one attached hydrogen (secondary N) is 1. The van der Waals surface area contributed by atoms with Gasteiger partial charge in [0.05, 0.1) is 0 Å². The molecule has 0 spiro atoms. The summed E-state index contributed by atoms with van der Waals surface area (Å²) in [5, 5.41) is 2.80. The number of alkyl halides is 2. The summed E-state index contributed by atoms with van der Waals surface area (Å²) in [5.41, 5.74) is 0.311. The van der Waals surface area contributed by atoms with Crippen LogP contribution in [0.15, 0.2) is 22.7 Å². The smallest absolute Gasteiger partial charge is 0.264 e. The molecule has 0 saturated heterocycles. The molecule has 0 heterocycles. The lowest BCUT2D eigenvalue weighted by molar-refractivity contribution is 0.0950. The van der Waals surface area contributed by atoms with Crippen molar-refractivity contribution in [3.05, 3.63) is 33.8 Å². The summed E-state index contributed by atoms with van der Waals surface area (Å²) < 4.78 is 25.2. The maximum Gasteiger partial charge on any atom is 0.264 e. The first-order valence-corrected chi connectivity index (χ1v) is 5.75. The van der Waals surface area contributed by atoms with Crippen LogP contribution in [0.1, 0.15) is 35.2 Å². The molecule has 0 radical (unpaired) electrons. The summed E-state index contributed by atoms with van der Waals surface area (Å²) in [6.45, 7) is 0. The largest absolute Gasteiger partial charge is 0.349 e. The number of benzene rings is 1. The highest BCUT2D eigenvalue weighted by Crippen LogP contribution is 2.28. The summed E-state index contributed by atoms with van der Waals surface area (Å²) in [7, 11) is 0. The Labute approximate surface area is 100 Å². The summed E-state index contributed by atoms with van der Waals surface area (Å²) in [4.78, 5) is 11.6. The van der Waals surface area contributed by atoms with Gasteiger partial charge in [0.2, 0.25) is 0 Å². The molecule has 1 aliphatic rings. The molecule has 1 aromatic carbocycles. The molecule has 1 N–H and O–H groups in total. The first-order chi connectivity index (χ1) is 7.58. The van der Waals surface area contributed by atoms with Gasteiger partial charge in [0, 0.05) is 21.6 Å². The van der Waals surface area contributed by atoms with Crippen LogP contribution in [0, 0.1) is 0 Å². The number of amides is 1. The first kappa shape index (κ1) is 11.5. The molecular formula is C11H10BrF2NO. The van der Waals surface area contributed by atoms with Gasteiger partial charge in [-0.2, -0.15) is 0 Å². The van der Waals surface area contributed by atoms with E-state index in [0.717, 1.165) is 12.8 Å². The minimum atomic E-state index is -2.53. The van der Waals surface area contributed by atoms with Crippen molar-refractivity contribution in [2.24, 2.45) is 0 Å². The van der Waals surface area contributed by atoms with Crippen LogP contribution in [0.5, 0.6) is 0 Å². The van der Waals surface area contributed by atoms with Crippen molar-refractivity contribution in [1.29, 1.82) is 0 Å². The molecule has 1 amide bonds. The van der Waals surface area contributed by atoms with Crippen LogP contribution in [0.3, 0.4) is 0 Å². The Morgan fingerprint density at radius 2 is 2.12 bits per heavy atom. The number of rotatable bonds is 3. The minimum Gasteiger partial charge on any atom is -0.349 e. The van der Waals surface area contributed by atoms with Crippen molar-refractivity contribution < 1.29 is 13.6 Å². The lowest BCUT2D eigenvalue weighted by Crippen LogP contribution is -2.25. The van der Waals surface area contributed by atoms with E-state index in [9.17, 15) is 13.6 Å². The molecule has 0 aromatic heterocycles. The molecule has 1 fully saturated rings. The molecule has 0 aliphatic heterocycles. The second-order valence-electron chi connectivity index (χ2n) is 3.78. The van der Waals surface area contributed by atoms with E-state index in [1.807, 2.05) is 0 Å². The van der Waals surface area contributed by atoms with E-state index in [0.29, 0.717) is 5.56 Å². The average molecular weight is 290 g/mol. The van der Waals surface area contributed by atoms with Crippen molar-refractivity contribution in [3.63, 3.8) is 0 Å². The van der Waals surface area contributed by atoms with Gasteiger partial charge < -0.3 is 5.32 Å². The van der Waals surface area contributed by atoms with Gasteiger partial charge in [-0.3, -0.25) is 4.79 Å². The van der Waals surface area contributed by atoms with Crippen molar-refractivity contribution in [3.8, 4) is 0 Å². The Hall–Kier alpha value is -0.970. The second kappa shape index (κ2) is 4.49. The van der Waals surface area contributed by atoms with Crippen molar-refractivity contribution in [1.82, 2.24) is 5.32 Å². The van der Waals surface area contributed by atoms with E-state index in [2.05, 4.69) is 21.2 Å². The zero-order valence-electron chi connectivity index (χ0n) is 8.34. The number of carbonyl (C=O) groups is 1. The SMILES string of the molecule is O=C(NC1CC1)c1ccc(C(F)F)c(Br)c1. The Balaban J connectivity index is 2.16. The maximum atomic E-state index is 12.5.